The zero-order valence-electron chi connectivity index (χ0n) is 17.0. The maximum absolute atomic E-state index is 13.1. The first-order chi connectivity index (χ1) is 15.0. The van der Waals surface area contributed by atoms with Crippen LogP contribution in [0.3, 0.4) is 0 Å². The minimum absolute atomic E-state index is 0.101. The van der Waals surface area contributed by atoms with Crippen molar-refractivity contribution in [3.63, 3.8) is 0 Å². The molecule has 0 atom stereocenters. The number of halogens is 1. The number of hydrogen-bond acceptors (Lipinski definition) is 7. The van der Waals surface area contributed by atoms with Gasteiger partial charge in [0.25, 0.3) is 5.56 Å². The molecule has 0 fully saturated rings. The van der Waals surface area contributed by atoms with Gasteiger partial charge in [0.15, 0.2) is 0 Å². The van der Waals surface area contributed by atoms with E-state index in [-0.39, 0.29) is 29.3 Å². The summed E-state index contributed by atoms with van der Waals surface area (Å²) >= 11 is 1.59. The van der Waals surface area contributed by atoms with E-state index in [1.54, 1.807) is 34.2 Å². The third-order valence-corrected chi connectivity index (χ3v) is 5.99. The molecule has 0 saturated carbocycles. The summed E-state index contributed by atoms with van der Waals surface area (Å²) in [4.78, 5) is 32.0. The summed E-state index contributed by atoms with van der Waals surface area (Å²) in [6.07, 6.45) is 2.27. The molecule has 1 aliphatic rings. The Bertz CT molecular complexity index is 1110. The molecule has 1 aliphatic heterocycles. The standard InChI is InChI=1S/C22H22FN3O4S/c1-29-22(28)21-17-6-8-25(13-19-24-7-11-31-19)9-10-26(17)20(27)12-18(21)30-14-15-2-4-16(23)5-3-15/h2-5,7,11-12H,6,8-10,13-14H2,1H3. The van der Waals surface area contributed by atoms with Gasteiger partial charge in [0, 0.05) is 49.4 Å². The lowest BCUT2D eigenvalue weighted by Gasteiger charge is -2.17. The van der Waals surface area contributed by atoms with Gasteiger partial charge in [0.05, 0.1) is 13.7 Å². The van der Waals surface area contributed by atoms with Crippen molar-refractivity contribution in [1.29, 1.82) is 0 Å². The van der Waals surface area contributed by atoms with E-state index >= 15 is 0 Å². The van der Waals surface area contributed by atoms with Gasteiger partial charge in [0.1, 0.15) is 28.7 Å². The van der Waals surface area contributed by atoms with Crippen molar-refractivity contribution in [2.45, 2.75) is 26.1 Å². The van der Waals surface area contributed by atoms with Gasteiger partial charge in [0.2, 0.25) is 0 Å². The third kappa shape index (κ3) is 4.83. The fourth-order valence-electron chi connectivity index (χ4n) is 3.65. The summed E-state index contributed by atoms with van der Waals surface area (Å²) in [6.45, 7) is 2.60. The summed E-state index contributed by atoms with van der Waals surface area (Å²) in [5, 5.41) is 2.95. The molecule has 9 heteroatoms. The van der Waals surface area contributed by atoms with Gasteiger partial charge in [-0.1, -0.05) is 12.1 Å². The first-order valence-electron chi connectivity index (χ1n) is 9.88. The number of nitrogens with zero attached hydrogens (tertiary/aromatic N) is 3. The van der Waals surface area contributed by atoms with Crippen molar-refractivity contribution < 1.29 is 18.7 Å². The van der Waals surface area contributed by atoms with E-state index in [1.165, 1.54) is 25.3 Å². The molecule has 0 saturated heterocycles. The minimum Gasteiger partial charge on any atom is -0.488 e. The van der Waals surface area contributed by atoms with Gasteiger partial charge in [-0.2, -0.15) is 0 Å². The molecule has 162 valence electrons. The van der Waals surface area contributed by atoms with Crippen molar-refractivity contribution in [3.05, 3.63) is 79.9 Å². The number of ether oxygens (including phenoxy) is 2. The molecule has 7 nitrogen and oxygen atoms in total. The van der Waals surface area contributed by atoms with Gasteiger partial charge in [-0.15, -0.1) is 11.3 Å². The Labute approximate surface area is 182 Å². The van der Waals surface area contributed by atoms with Crippen LogP contribution in [0.5, 0.6) is 5.75 Å². The predicted molar refractivity (Wildman–Crippen MR) is 114 cm³/mol. The molecule has 0 spiro atoms. The molecule has 0 amide bonds. The topological polar surface area (TPSA) is 73.7 Å². The number of benzene rings is 1. The second-order valence-corrected chi connectivity index (χ2v) is 8.16. The highest BCUT2D eigenvalue weighted by molar-refractivity contribution is 7.09. The van der Waals surface area contributed by atoms with E-state index in [0.717, 1.165) is 10.6 Å². The smallest absolute Gasteiger partial charge is 0.343 e. The molecule has 3 heterocycles. The van der Waals surface area contributed by atoms with Gasteiger partial charge in [-0.3, -0.25) is 9.69 Å². The van der Waals surface area contributed by atoms with Crippen LogP contribution in [0.4, 0.5) is 4.39 Å². The average Bonchev–Trinajstić information content (AvgIpc) is 3.19. The highest BCUT2D eigenvalue weighted by Crippen LogP contribution is 2.25. The molecule has 0 aliphatic carbocycles. The number of carbonyl (C=O) groups excluding carboxylic acids is 1. The fraction of sp³-hybridized carbons (Fsp3) is 0.318. The Kier molecular flexibility index (Phi) is 6.43. The molecule has 4 rings (SSSR count). The number of methoxy groups -OCH3 is 1. The minimum atomic E-state index is -0.550. The van der Waals surface area contributed by atoms with Gasteiger partial charge in [-0.05, 0) is 17.7 Å². The summed E-state index contributed by atoms with van der Waals surface area (Å²) < 4.78 is 25.6. The van der Waals surface area contributed by atoms with Crippen LogP contribution in [0.2, 0.25) is 0 Å². The highest BCUT2D eigenvalue weighted by atomic mass is 32.1. The highest BCUT2D eigenvalue weighted by Gasteiger charge is 2.26. The maximum Gasteiger partial charge on any atom is 0.343 e. The molecule has 3 aromatic rings. The number of thiazole rings is 1. The zero-order valence-corrected chi connectivity index (χ0v) is 17.9. The zero-order chi connectivity index (χ0) is 21.8. The molecule has 0 unspecified atom stereocenters. The van der Waals surface area contributed by atoms with Crippen molar-refractivity contribution >= 4 is 17.3 Å². The molecule has 0 radical (unpaired) electrons. The van der Waals surface area contributed by atoms with E-state index in [4.69, 9.17) is 9.47 Å². The summed E-state index contributed by atoms with van der Waals surface area (Å²) in [7, 11) is 1.31. The Hall–Kier alpha value is -3.04. The number of hydrogen-bond donors (Lipinski definition) is 0. The monoisotopic (exact) mass is 443 g/mol. The van der Waals surface area contributed by atoms with Crippen molar-refractivity contribution in [2.75, 3.05) is 20.2 Å². The fourth-order valence-corrected chi connectivity index (χ4v) is 4.31. The largest absolute Gasteiger partial charge is 0.488 e. The number of esters is 1. The lowest BCUT2D eigenvalue weighted by Crippen LogP contribution is -2.29. The number of carbonyl (C=O) groups is 1. The lowest BCUT2D eigenvalue weighted by molar-refractivity contribution is 0.0592. The second kappa shape index (κ2) is 9.40. The SMILES string of the molecule is COC(=O)c1c(OCc2ccc(F)cc2)cc(=O)n2c1CCN(Cc1nccs1)CC2. The molecule has 0 N–H and O–H groups in total. The summed E-state index contributed by atoms with van der Waals surface area (Å²) in [5.74, 6) is -0.711. The van der Waals surface area contributed by atoms with E-state index in [1.807, 2.05) is 5.38 Å². The van der Waals surface area contributed by atoms with Crippen LogP contribution in [0.25, 0.3) is 0 Å². The maximum atomic E-state index is 13.1. The number of fused-ring (bicyclic) bond motifs is 1. The quantitative estimate of drug-likeness (QED) is 0.546. The normalized spacial score (nSPS) is 14.0. The van der Waals surface area contributed by atoms with Crippen LogP contribution in [-0.4, -0.2) is 40.6 Å². The van der Waals surface area contributed by atoms with Crippen LogP contribution in [0.1, 0.15) is 26.6 Å². The van der Waals surface area contributed by atoms with Crippen molar-refractivity contribution in [2.24, 2.45) is 0 Å². The number of rotatable bonds is 6. The third-order valence-electron chi connectivity index (χ3n) is 5.23. The van der Waals surface area contributed by atoms with E-state index in [2.05, 4.69) is 9.88 Å². The molecule has 1 aromatic carbocycles. The van der Waals surface area contributed by atoms with E-state index in [9.17, 15) is 14.0 Å². The lowest BCUT2D eigenvalue weighted by atomic mass is 10.1. The summed E-state index contributed by atoms with van der Waals surface area (Å²) in [5.41, 5.74) is 1.37. The average molecular weight is 444 g/mol. The van der Waals surface area contributed by atoms with Crippen molar-refractivity contribution in [1.82, 2.24) is 14.5 Å². The summed E-state index contributed by atoms with van der Waals surface area (Å²) in [6, 6.07) is 7.20. The van der Waals surface area contributed by atoms with Gasteiger partial charge >= 0.3 is 5.97 Å². The Morgan fingerprint density at radius 1 is 1.23 bits per heavy atom. The van der Waals surface area contributed by atoms with E-state index in [0.29, 0.717) is 38.3 Å². The first kappa shape index (κ1) is 21.2. The van der Waals surface area contributed by atoms with Crippen LogP contribution in [0, 0.1) is 5.82 Å². The second-order valence-electron chi connectivity index (χ2n) is 7.18. The molecular formula is C22H22FN3O4S. The number of aromatic nitrogens is 2. The molecule has 2 aromatic heterocycles. The predicted octanol–water partition coefficient (Wildman–Crippen LogP) is 2.87. The Morgan fingerprint density at radius 2 is 2.03 bits per heavy atom. The van der Waals surface area contributed by atoms with Crippen LogP contribution in [-0.2, 0) is 30.9 Å². The van der Waals surface area contributed by atoms with Crippen LogP contribution >= 0.6 is 11.3 Å². The first-order valence-corrected chi connectivity index (χ1v) is 10.8. The Morgan fingerprint density at radius 3 is 2.74 bits per heavy atom. The van der Waals surface area contributed by atoms with Gasteiger partial charge < -0.3 is 14.0 Å². The van der Waals surface area contributed by atoms with Crippen LogP contribution in [0.15, 0.2) is 46.7 Å². The van der Waals surface area contributed by atoms with Crippen molar-refractivity contribution in [3.8, 4) is 5.75 Å². The van der Waals surface area contributed by atoms with Crippen LogP contribution < -0.4 is 10.3 Å². The number of pyridine rings is 1. The van der Waals surface area contributed by atoms with E-state index < -0.39 is 5.97 Å². The molecule has 0 bridgehead atoms. The molecule has 31 heavy (non-hydrogen) atoms. The van der Waals surface area contributed by atoms with Gasteiger partial charge in [-0.25, -0.2) is 14.2 Å². The Balaban J connectivity index is 1.61. The molecular weight excluding hydrogens is 421 g/mol.